The molecule has 0 spiro atoms. The lowest BCUT2D eigenvalue weighted by atomic mass is 10.1. The number of nitrogens with two attached hydrogens (primary N) is 1. The first kappa shape index (κ1) is 24.7. The number of nitrogens with one attached hydrogen (secondary N) is 1. The number of hydrogen-bond acceptors (Lipinski definition) is 5. The maximum atomic E-state index is 12.2. The summed E-state index contributed by atoms with van der Waals surface area (Å²) in [4.78, 5) is 16.8. The summed E-state index contributed by atoms with van der Waals surface area (Å²) in [5.74, 6) is -0.293. The van der Waals surface area contributed by atoms with Gasteiger partial charge in [0.25, 0.3) is 0 Å². The number of hydrogen-bond donors (Lipinski definition) is 2. The van der Waals surface area contributed by atoms with Gasteiger partial charge in [-0.3, -0.25) is 5.41 Å². The van der Waals surface area contributed by atoms with E-state index in [4.69, 9.17) is 27.2 Å². The molecule has 0 aliphatic rings. The molecule has 1 aromatic heterocycles. The van der Waals surface area contributed by atoms with Gasteiger partial charge < -0.3 is 20.0 Å². The Morgan fingerprint density at radius 2 is 1.74 bits per heavy atom. The smallest absolute Gasteiger partial charge is 0.347 e. The topological polar surface area (TPSA) is 86.6 Å². The van der Waals surface area contributed by atoms with Crippen molar-refractivity contribution in [1.82, 2.24) is 4.90 Å². The largest absolute Gasteiger partial charge is 0.422 e. The van der Waals surface area contributed by atoms with Crippen LogP contribution in [0.2, 0.25) is 5.02 Å². The number of fused-ring (bicyclic) bond motifs is 1. The highest BCUT2D eigenvalue weighted by molar-refractivity contribution is 6.30. The van der Waals surface area contributed by atoms with Crippen LogP contribution in [-0.4, -0.2) is 36.9 Å². The maximum absolute atomic E-state index is 12.2. The molecule has 0 radical (unpaired) electrons. The van der Waals surface area contributed by atoms with Crippen molar-refractivity contribution in [3.05, 3.63) is 75.1 Å². The molecule has 3 aromatic rings. The second-order valence-electron chi connectivity index (χ2n) is 7.16. The monoisotopic (exact) mass is 462 g/mol. The van der Waals surface area contributed by atoms with E-state index in [1.54, 1.807) is 6.07 Å². The zero-order valence-electron chi connectivity index (χ0n) is 17.7. The molecule has 0 aliphatic carbocycles. The lowest BCUT2D eigenvalue weighted by Crippen LogP contribution is -2.34. The highest BCUT2D eigenvalue weighted by Crippen LogP contribution is 2.24. The van der Waals surface area contributed by atoms with Crippen LogP contribution in [0.25, 0.3) is 11.0 Å². The molecule has 0 fully saturated rings. The SMILES string of the molecule is CCN(CC)CCN(Cc1ccc(Cl)cc1)c1ccc2cc(C(=N)N)c(=O)oc2c1.Cl. The molecule has 0 saturated heterocycles. The minimum atomic E-state index is -0.598. The van der Waals surface area contributed by atoms with E-state index in [9.17, 15) is 4.79 Å². The van der Waals surface area contributed by atoms with E-state index in [-0.39, 0.29) is 23.8 Å². The van der Waals surface area contributed by atoms with E-state index in [2.05, 4.69) is 23.6 Å². The predicted octanol–water partition coefficient (Wildman–Crippen LogP) is 4.50. The van der Waals surface area contributed by atoms with E-state index in [1.165, 1.54) is 0 Å². The Labute approximate surface area is 193 Å². The van der Waals surface area contributed by atoms with Crippen molar-refractivity contribution in [2.75, 3.05) is 31.1 Å². The molecule has 6 nitrogen and oxygen atoms in total. The van der Waals surface area contributed by atoms with E-state index in [1.807, 2.05) is 42.5 Å². The fourth-order valence-electron chi connectivity index (χ4n) is 3.40. The fourth-order valence-corrected chi connectivity index (χ4v) is 3.52. The van der Waals surface area contributed by atoms with Gasteiger partial charge in [0.1, 0.15) is 17.0 Å². The van der Waals surface area contributed by atoms with Gasteiger partial charge in [-0.05, 0) is 49.0 Å². The fraction of sp³-hybridized carbons (Fsp3) is 0.304. The molecule has 8 heteroatoms. The van der Waals surface area contributed by atoms with Gasteiger partial charge in [-0.2, -0.15) is 0 Å². The third-order valence-corrected chi connectivity index (χ3v) is 5.49. The Bertz CT molecular complexity index is 1080. The van der Waals surface area contributed by atoms with Crippen LogP contribution < -0.4 is 16.3 Å². The Morgan fingerprint density at radius 1 is 1.06 bits per heavy atom. The molecule has 1 heterocycles. The zero-order valence-corrected chi connectivity index (χ0v) is 19.3. The van der Waals surface area contributed by atoms with Gasteiger partial charge in [0.2, 0.25) is 0 Å². The average Bonchev–Trinajstić information content (AvgIpc) is 2.74. The van der Waals surface area contributed by atoms with Crippen LogP contribution in [0.4, 0.5) is 5.69 Å². The van der Waals surface area contributed by atoms with Crippen LogP contribution in [0.1, 0.15) is 25.0 Å². The molecule has 0 bridgehead atoms. The molecule has 31 heavy (non-hydrogen) atoms. The lowest BCUT2D eigenvalue weighted by molar-refractivity contribution is 0.309. The Kier molecular flexibility index (Phi) is 8.92. The molecule has 0 atom stereocenters. The number of anilines is 1. The number of rotatable bonds is 9. The van der Waals surface area contributed by atoms with Gasteiger partial charge in [0.05, 0.1) is 0 Å². The third-order valence-electron chi connectivity index (χ3n) is 5.24. The van der Waals surface area contributed by atoms with E-state index < -0.39 is 5.63 Å². The number of nitrogen functional groups attached to an aromatic ring is 1. The molecule has 0 aliphatic heterocycles. The number of amidine groups is 1. The quantitative estimate of drug-likeness (QED) is 0.277. The summed E-state index contributed by atoms with van der Waals surface area (Å²) in [5.41, 5.74) is 7.54. The molecule has 0 saturated carbocycles. The molecule has 166 valence electrons. The summed E-state index contributed by atoms with van der Waals surface area (Å²) in [5, 5.41) is 8.97. The number of halogens is 2. The average molecular weight is 463 g/mol. The first-order valence-electron chi connectivity index (χ1n) is 10.0. The summed E-state index contributed by atoms with van der Waals surface area (Å²) in [6, 6.07) is 15.2. The van der Waals surface area contributed by atoms with Crippen LogP contribution in [0.15, 0.2) is 57.7 Å². The number of likely N-dealkylation sites (N-methyl/N-ethyl adjacent to an activating group) is 1. The normalized spacial score (nSPS) is 10.8. The van der Waals surface area contributed by atoms with Gasteiger partial charge in [0.15, 0.2) is 0 Å². The van der Waals surface area contributed by atoms with Gasteiger partial charge in [0, 0.05) is 41.8 Å². The van der Waals surface area contributed by atoms with Gasteiger partial charge in [-0.25, -0.2) is 4.79 Å². The van der Waals surface area contributed by atoms with Crippen LogP contribution in [0.5, 0.6) is 0 Å². The van der Waals surface area contributed by atoms with Crippen molar-refractivity contribution in [3.8, 4) is 0 Å². The maximum Gasteiger partial charge on any atom is 0.347 e. The summed E-state index contributed by atoms with van der Waals surface area (Å²) >= 11 is 6.03. The minimum absolute atomic E-state index is 0. The van der Waals surface area contributed by atoms with E-state index in [0.717, 1.165) is 42.8 Å². The van der Waals surface area contributed by atoms with Gasteiger partial charge in [-0.15, -0.1) is 12.4 Å². The van der Waals surface area contributed by atoms with Crippen LogP contribution in [0, 0.1) is 5.41 Å². The molecule has 3 N–H and O–H groups in total. The van der Waals surface area contributed by atoms with Crippen LogP contribution in [0.3, 0.4) is 0 Å². The Hall–Kier alpha value is -2.54. The second-order valence-corrected chi connectivity index (χ2v) is 7.59. The molecular weight excluding hydrogens is 435 g/mol. The van der Waals surface area contributed by atoms with Crippen molar-refractivity contribution in [2.24, 2.45) is 5.73 Å². The summed E-state index contributed by atoms with van der Waals surface area (Å²) < 4.78 is 5.45. The van der Waals surface area contributed by atoms with Crippen LogP contribution in [-0.2, 0) is 6.54 Å². The van der Waals surface area contributed by atoms with E-state index >= 15 is 0 Å². The number of nitrogens with zero attached hydrogens (tertiary/aromatic N) is 2. The highest BCUT2D eigenvalue weighted by atomic mass is 35.5. The molecule has 3 rings (SSSR count). The predicted molar refractivity (Wildman–Crippen MR) is 131 cm³/mol. The molecule has 2 aromatic carbocycles. The first-order valence-corrected chi connectivity index (χ1v) is 10.4. The minimum Gasteiger partial charge on any atom is -0.422 e. The van der Waals surface area contributed by atoms with Gasteiger partial charge >= 0.3 is 5.63 Å². The zero-order chi connectivity index (χ0) is 21.7. The van der Waals surface area contributed by atoms with Crippen LogP contribution >= 0.6 is 24.0 Å². The highest BCUT2D eigenvalue weighted by Gasteiger charge is 2.13. The third kappa shape index (κ3) is 6.23. The van der Waals surface area contributed by atoms with E-state index in [0.29, 0.717) is 17.2 Å². The second kappa shape index (κ2) is 11.2. The number of benzene rings is 2. The first-order chi connectivity index (χ1) is 14.4. The molecular formula is C23H28Cl2N4O2. The van der Waals surface area contributed by atoms with Gasteiger partial charge in [-0.1, -0.05) is 37.6 Å². The molecule has 0 amide bonds. The standard InChI is InChI=1S/C23H27ClN4O2.ClH/c1-3-27(4-2)11-12-28(15-16-5-8-18(24)9-6-16)19-10-7-17-13-20(22(25)26)23(29)30-21(17)14-19;/h5-10,13-14H,3-4,11-12,15H2,1-2H3,(H3,25,26);1H. The summed E-state index contributed by atoms with van der Waals surface area (Å²) in [6.07, 6.45) is 0. The van der Waals surface area contributed by atoms with Crippen molar-refractivity contribution < 1.29 is 4.42 Å². The van der Waals surface area contributed by atoms with Crippen molar-refractivity contribution in [1.29, 1.82) is 5.41 Å². The van der Waals surface area contributed by atoms with Crippen molar-refractivity contribution in [3.63, 3.8) is 0 Å². The van der Waals surface area contributed by atoms with Crippen molar-refractivity contribution in [2.45, 2.75) is 20.4 Å². The summed E-state index contributed by atoms with van der Waals surface area (Å²) in [7, 11) is 0. The Balaban J connectivity index is 0.00000341. The lowest BCUT2D eigenvalue weighted by Gasteiger charge is -2.28. The van der Waals surface area contributed by atoms with Crippen molar-refractivity contribution >= 4 is 46.5 Å². The molecule has 0 unspecified atom stereocenters. The summed E-state index contributed by atoms with van der Waals surface area (Å²) in [6.45, 7) is 8.75. The Morgan fingerprint density at radius 3 is 2.35 bits per heavy atom.